The molecule has 2 saturated heterocycles. The second-order valence-electron chi connectivity index (χ2n) is 12.1. The average molecular weight is 611 g/mol. The zero-order chi connectivity index (χ0) is 30.4. The number of piperidine rings is 2. The van der Waals surface area contributed by atoms with Crippen LogP contribution < -0.4 is 4.90 Å². The van der Waals surface area contributed by atoms with Gasteiger partial charge < -0.3 is 14.7 Å². The number of carbonyl (C=O) groups excluding carboxylic acids is 2. The average Bonchev–Trinajstić information content (AvgIpc) is 3.44. The maximum atomic E-state index is 13.7. The van der Waals surface area contributed by atoms with E-state index in [1.165, 1.54) is 17.6 Å². The van der Waals surface area contributed by atoms with Crippen LogP contribution in [0, 0.1) is 5.41 Å². The van der Waals surface area contributed by atoms with E-state index < -0.39 is 29.3 Å². The van der Waals surface area contributed by atoms with Crippen molar-refractivity contribution in [1.82, 2.24) is 14.8 Å². The molecular weight excluding hydrogens is 577 g/mol. The largest absolute Gasteiger partial charge is 0.417 e. The zero-order valence-corrected chi connectivity index (χ0v) is 24.8. The molecule has 0 bridgehead atoms. The number of hydrogen-bond donors (Lipinski definition) is 0. The lowest BCUT2D eigenvalue weighted by molar-refractivity contribution is -0.138. The molecule has 226 valence electrons. The summed E-state index contributed by atoms with van der Waals surface area (Å²) >= 11 is 5.98. The number of anilines is 1. The monoisotopic (exact) mass is 610 g/mol. The molecular formula is C33H34ClF3N4O2. The van der Waals surface area contributed by atoms with Gasteiger partial charge in [0, 0.05) is 61.9 Å². The summed E-state index contributed by atoms with van der Waals surface area (Å²) in [5.41, 5.74) is 2.33. The number of amides is 2. The third kappa shape index (κ3) is 5.84. The first-order chi connectivity index (χ1) is 20.5. The highest BCUT2D eigenvalue weighted by atomic mass is 35.5. The Morgan fingerprint density at radius 1 is 0.953 bits per heavy atom. The number of aryl methyl sites for hydroxylation is 1. The van der Waals surface area contributed by atoms with Crippen LogP contribution in [0.3, 0.4) is 0 Å². The summed E-state index contributed by atoms with van der Waals surface area (Å²) in [5, 5.41) is 0.0621. The van der Waals surface area contributed by atoms with Crippen molar-refractivity contribution in [3.63, 3.8) is 0 Å². The summed E-state index contributed by atoms with van der Waals surface area (Å²) in [7, 11) is 1.52. The minimum atomic E-state index is -4.69. The number of alkyl halides is 3. The standard InChI is InChI=1S/C33H34ClF3N4O2/c1-39(31(43)27-21-24(34)5-6-28(27)33(35,36)37)29-7-4-22-2-3-23(20-26(22)29)30(42)41-18-12-32(13-19-41)10-16-40(17-11-32)25-8-14-38-15-9-25/h2-3,5-6,8-9,14-15,20-21,29H,4,7,10-13,16-19H2,1H3. The number of halogens is 4. The fourth-order valence-electron chi connectivity index (χ4n) is 7.05. The summed E-state index contributed by atoms with van der Waals surface area (Å²) in [6, 6.07) is 12.3. The Hall–Kier alpha value is -3.59. The van der Waals surface area contributed by atoms with Crippen molar-refractivity contribution in [3.8, 4) is 0 Å². The fourth-order valence-corrected chi connectivity index (χ4v) is 7.22. The summed E-state index contributed by atoms with van der Waals surface area (Å²) in [6.45, 7) is 3.38. The molecule has 1 aliphatic carbocycles. The van der Waals surface area contributed by atoms with E-state index >= 15 is 0 Å². The number of likely N-dealkylation sites (tertiary alicyclic amines) is 1. The number of pyridine rings is 1. The molecule has 10 heteroatoms. The van der Waals surface area contributed by atoms with Crippen LogP contribution in [-0.4, -0.2) is 59.8 Å². The number of benzene rings is 2. The van der Waals surface area contributed by atoms with E-state index in [9.17, 15) is 22.8 Å². The molecule has 6 nitrogen and oxygen atoms in total. The van der Waals surface area contributed by atoms with Crippen molar-refractivity contribution >= 4 is 29.1 Å². The summed E-state index contributed by atoms with van der Waals surface area (Å²) in [6.07, 6.45) is 4.34. The molecule has 0 radical (unpaired) electrons. The van der Waals surface area contributed by atoms with Crippen molar-refractivity contribution in [2.45, 2.75) is 50.7 Å². The van der Waals surface area contributed by atoms with Crippen LogP contribution in [0.4, 0.5) is 18.9 Å². The Kier molecular flexibility index (Phi) is 7.87. The molecule has 2 fully saturated rings. The molecule has 43 heavy (non-hydrogen) atoms. The molecule has 0 saturated carbocycles. The fraction of sp³-hybridized carbons (Fsp3) is 0.424. The smallest absolute Gasteiger partial charge is 0.371 e. The molecule has 3 aliphatic rings. The van der Waals surface area contributed by atoms with Gasteiger partial charge in [-0.15, -0.1) is 0 Å². The SMILES string of the molecule is CN(C(=O)c1cc(Cl)ccc1C(F)(F)F)C1CCc2ccc(C(=O)N3CCC4(CC3)CCN(c3ccncc3)CC4)cc21. The van der Waals surface area contributed by atoms with Gasteiger partial charge in [0.25, 0.3) is 11.8 Å². The molecule has 2 amide bonds. The van der Waals surface area contributed by atoms with Crippen molar-refractivity contribution in [2.24, 2.45) is 5.41 Å². The molecule has 2 aromatic carbocycles. The number of hydrogen-bond acceptors (Lipinski definition) is 4. The Labute approximate surface area is 254 Å². The minimum Gasteiger partial charge on any atom is -0.371 e. The van der Waals surface area contributed by atoms with Crippen LogP contribution in [0.1, 0.15) is 75.6 Å². The third-order valence-electron chi connectivity index (χ3n) is 9.71. The first kappa shape index (κ1) is 29.5. The number of carbonyl (C=O) groups is 2. The van der Waals surface area contributed by atoms with Gasteiger partial charge in [-0.2, -0.15) is 13.2 Å². The Morgan fingerprint density at radius 3 is 2.30 bits per heavy atom. The van der Waals surface area contributed by atoms with E-state index in [1.54, 1.807) is 0 Å². The van der Waals surface area contributed by atoms with Crippen LogP contribution >= 0.6 is 11.6 Å². The van der Waals surface area contributed by atoms with E-state index in [2.05, 4.69) is 9.88 Å². The summed E-state index contributed by atoms with van der Waals surface area (Å²) in [4.78, 5) is 36.8. The van der Waals surface area contributed by atoms with Crippen LogP contribution in [-0.2, 0) is 12.6 Å². The topological polar surface area (TPSA) is 56.8 Å². The van der Waals surface area contributed by atoms with Gasteiger partial charge in [-0.3, -0.25) is 14.6 Å². The van der Waals surface area contributed by atoms with Gasteiger partial charge >= 0.3 is 6.18 Å². The van der Waals surface area contributed by atoms with E-state index in [-0.39, 0.29) is 16.3 Å². The third-order valence-corrected chi connectivity index (χ3v) is 9.94. The lowest BCUT2D eigenvalue weighted by Crippen LogP contribution is -2.48. The van der Waals surface area contributed by atoms with Gasteiger partial charge in [0.05, 0.1) is 17.2 Å². The maximum absolute atomic E-state index is 13.7. The molecule has 1 spiro atoms. The highest BCUT2D eigenvalue weighted by Crippen LogP contribution is 2.43. The highest BCUT2D eigenvalue weighted by molar-refractivity contribution is 6.31. The number of aromatic nitrogens is 1. The predicted molar refractivity (Wildman–Crippen MR) is 159 cm³/mol. The van der Waals surface area contributed by atoms with Gasteiger partial charge in [0.2, 0.25) is 0 Å². The van der Waals surface area contributed by atoms with Crippen molar-refractivity contribution in [1.29, 1.82) is 0 Å². The van der Waals surface area contributed by atoms with Gasteiger partial charge in [-0.1, -0.05) is 17.7 Å². The van der Waals surface area contributed by atoms with Crippen molar-refractivity contribution < 1.29 is 22.8 Å². The highest BCUT2D eigenvalue weighted by Gasteiger charge is 2.40. The number of rotatable bonds is 4. The van der Waals surface area contributed by atoms with E-state index in [0.717, 1.165) is 68.1 Å². The van der Waals surface area contributed by atoms with E-state index in [0.29, 0.717) is 31.5 Å². The summed E-state index contributed by atoms with van der Waals surface area (Å²) < 4.78 is 41.0. The molecule has 1 aromatic heterocycles. The molecule has 1 unspecified atom stereocenters. The van der Waals surface area contributed by atoms with Crippen molar-refractivity contribution in [2.75, 3.05) is 38.1 Å². The van der Waals surface area contributed by atoms with Gasteiger partial charge in [0.15, 0.2) is 0 Å². The van der Waals surface area contributed by atoms with Crippen LogP contribution in [0.15, 0.2) is 60.9 Å². The maximum Gasteiger partial charge on any atom is 0.417 e. The predicted octanol–water partition coefficient (Wildman–Crippen LogP) is 7.04. The summed E-state index contributed by atoms with van der Waals surface area (Å²) in [5.74, 6) is -0.790. The second-order valence-corrected chi connectivity index (χ2v) is 12.5. The Morgan fingerprint density at radius 2 is 1.63 bits per heavy atom. The van der Waals surface area contributed by atoms with Crippen LogP contribution in [0.5, 0.6) is 0 Å². The lowest BCUT2D eigenvalue weighted by Gasteiger charge is -2.47. The molecule has 2 aliphatic heterocycles. The minimum absolute atomic E-state index is 0.0410. The zero-order valence-electron chi connectivity index (χ0n) is 24.0. The Bertz CT molecular complexity index is 1510. The first-order valence-electron chi connectivity index (χ1n) is 14.8. The van der Waals surface area contributed by atoms with Gasteiger partial charge in [0.1, 0.15) is 0 Å². The molecule has 3 heterocycles. The Balaban J connectivity index is 1.13. The van der Waals surface area contributed by atoms with E-state index in [1.807, 2.05) is 47.6 Å². The molecule has 6 rings (SSSR count). The number of nitrogens with zero attached hydrogens (tertiary/aromatic N) is 4. The van der Waals surface area contributed by atoms with Gasteiger partial charge in [-0.25, -0.2) is 0 Å². The van der Waals surface area contributed by atoms with Crippen molar-refractivity contribution in [3.05, 3.63) is 93.8 Å². The quantitative estimate of drug-likeness (QED) is 0.318. The normalized spacial score (nSPS) is 19.8. The number of fused-ring (bicyclic) bond motifs is 1. The first-order valence-corrected chi connectivity index (χ1v) is 15.1. The van der Waals surface area contributed by atoms with Gasteiger partial charge in [-0.05, 0) is 97.5 Å². The molecule has 0 N–H and O–H groups in total. The van der Waals surface area contributed by atoms with E-state index in [4.69, 9.17) is 11.6 Å². The second kappa shape index (κ2) is 11.5. The molecule has 1 atom stereocenters. The lowest BCUT2D eigenvalue weighted by atomic mass is 9.71. The molecule has 3 aromatic rings. The van der Waals surface area contributed by atoms with Crippen LogP contribution in [0.2, 0.25) is 5.02 Å². The van der Waals surface area contributed by atoms with Crippen LogP contribution in [0.25, 0.3) is 0 Å².